The number of fused-ring (bicyclic) bond motifs is 1. The van der Waals surface area contributed by atoms with Gasteiger partial charge in [-0.25, -0.2) is 4.98 Å². The minimum atomic E-state index is 0.442. The molecule has 0 spiro atoms. The molecule has 0 radical (unpaired) electrons. The van der Waals surface area contributed by atoms with Crippen LogP contribution in [0.15, 0.2) is 79.3 Å². The van der Waals surface area contributed by atoms with E-state index < -0.39 is 0 Å². The van der Waals surface area contributed by atoms with Gasteiger partial charge in [0, 0.05) is 38.2 Å². The molecule has 0 atom stereocenters. The zero-order valence-electron chi connectivity index (χ0n) is 16.9. The number of pyridine rings is 1. The molecule has 30 heavy (non-hydrogen) atoms. The molecule has 5 aromatic rings. The number of aromatic nitrogens is 5. The first-order valence-corrected chi connectivity index (χ1v) is 9.76. The van der Waals surface area contributed by atoms with Crippen LogP contribution >= 0.6 is 0 Å². The van der Waals surface area contributed by atoms with Crippen molar-refractivity contribution in [3.63, 3.8) is 0 Å². The maximum absolute atomic E-state index is 6.04. The average molecular weight is 395 g/mol. The van der Waals surface area contributed by atoms with Gasteiger partial charge in [0.15, 0.2) is 0 Å². The Bertz CT molecular complexity index is 1300. The number of para-hydroxylation sites is 2. The van der Waals surface area contributed by atoms with E-state index in [2.05, 4.69) is 45.0 Å². The van der Waals surface area contributed by atoms with E-state index in [1.54, 1.807) is 17.1 Å². The number of imidazole rings is 1. The van der Waals surface area contributed by atoms with Crippen molar-refractivity contribution in [2.75, 3.05) is 0 Å². The summed E-state index contributed by atoms with van der Waals surface area (Å²) in [6, 6.07) is 20.4. The molecule has 0 saturated heterocycles. The number of ether oxygens (including phenoxy) is 1. The Morgan fingerprint density at radius 3 is 2.40 bits per heavy atom. The lowest BCUT2D eigenvalue weighted by atomic mass is 10.1. The number of hydrogen-bond acceptors (Lipinski definition) is 4. The average Bonchev–Trinajstić information content (AvgIpc) is 3.33. The van der Waals surface area contributed by atoms with Crippen molar-refractivity contribution in [2.24, 2.45) is 14.1 Å². The van der Waals surface area contributed by atoms with Crippen LogP contribution in [0.1, 0.15) is 5.56 Å². The van der Waals surface area contributed by atoms with E-state index in [-0.39, 0.29) is 0 Å². The van der Waals surface area contributed by atoms with Gasteiger partial charge in [-0.3, -0.25) is 9.67 Å². The highest BCUT2D eigenvalue weighted by atomic mass is 16.5. The molecule has 0 aliphatic carbocycles. The van der Waals surface area contributed by atoms with Crippen molar-refractivity contribution in [1.82, 2.24) is 24.3 Å². The Hall–Kier alpha value is -3.93. The Kier molecular flexibility index (Phi) is 4.52. The molecular weight excluding hydrogens is 374 g/mol. The quantitative estimate of drug-likeness (QED) is 0.436. The van der Waals surface area contributed by atoms with E-state index in [0.717, 1.165) is 39.1 Å². The van der Waals surface area contributed by atoms with Crippen LogP contribution in [-0.4, -0.2) is 24.3 Å². The lowest BCUT2D eigenvalue weighted by molar-refractivity contribution is 0.292. The molecule has 0 saturated carbocycles. The molecule has 0 fully saturated rings. The van der Waals surface area contributed by atoms with Gasteiger partial charge in [-0.1, -0.05) is 36.4 Å². The summed E-state index contributed by atoms with van der Waals surface area (Å²) in [5.41, 5.74) is 6.26. The minimum absolute atomic E-state index is 0.442. The van der Waals surface area contributed by atoms with Crippen LogP contribution in [-0.2, 0) is 20.7 Å². The standard InChI is InChI=1S/C24H21N5O/c1-28-15-20(18-11-13-25-14-12-18)24(27-28)30-16-17-7-9-19(10-8-17)23-26-21-5-3-4-6-22(21)29(23)2/h3-15H,16H2,1-2H3. The number of hydrogen-bond donors (Lipinski definition) is 0. The number of rotatable bonds is 5. The van der Waals surface area contributed by atoms with Gasteiger partial charge in [0.05, 0.1) is 16.6 Å². The highest BCUT2D eigenvalue weighted by Gasteiger charge is 2.12. The second-order valence-corrected chi connectivity index (χ2v) is 7.23. The summed E-state index contributed by atoms with van der Waals surface area (Å²) in [6.07, 6.45) is 5.50. The smallest absolute Gasteiger partial charge is 0.241 e. The first-order valence-electron chi connectivity index (χ1n) is 9.76. The van der Waals surface area contributed by atoms with Gasteiger partial charge in [0.1, 0.15) is 12.4 Å². The van der Waals surface area contributed by atoms with Gasteiger partial charge in [0.2, 0.25) is 5.88 Å². The second-order valence-electron chi connectivity index (χ2n) is 7.23. The lowest BCUT2D eigenvalue weighted by Crippen LogP contribution is -1.98. The summed E-state index contributed by atoms with van der Waals surface area (Å²) in [5, 5.41) is 4.46. The van der Waals surface area contributed by atoms with E-state index in [1.165, 1.54) is 0 Å². The normalized spacial score (nSPS) is 11.1. The number of benzene rings is 2. The molecule has 3 aromatic heterocycles. The van der Waals surface area contributed by atoms with Crippen molar-refractivity contribution in [3.8, 4) is 28.4 Å². The monoisotopic (exact) mass is 395 g/mol. The molecule has 6 nitrogen and oxygen atoms in total. The largest absolute Gasteiger partial charge is 0.471 e. The summed E-state index contributed by atoms with van der Waals surface area (Å²) in [4.78, 5) is 8.85. The lowest BCUT2D eigenvalue weighted by Gasteiger charge is -2.07. The van der Waals surface area contributed by atoms with Crippen LogP contribution in [0.2, 0.25) is 0 Å². The third-order valence-corrected chi connectivity index (χ3v) is 5.16. The summed E-state index contributed by atoms with van der Waals surface area (Å²) < 4.78 is 9.93. The predicted octanol–water partition coefficient (Wildman–Crippen LogP) is 4.61. The van der Waals surface area contributed by atoms with Crippen molar-refractivity contribution < 1.29 is 4.74 Å². The van der Waals surface area contributed by atoms with Crippen LogP contribution < -0.4 is 4.74 Å². The van der Waals surface area contributed by atoms with Crippen LogP contribution in [0.5, 0.6) is 5.88 Å². The van der Waals surface area contributed by atoms with Gasteiger partial charge in [-0.2, -0.15) is 0 Å². The highest BCUT2D eigenvalue weighted by molar-refractivity contribution is 5.80. The van der Waals surface area contributed by atoms with E-state index in [9.17, 15) is 0 Å². The summed E-state index contributed by atoms with van der Waals surface area (Å²) in [5.74, 6) is 1.57. The van der Waals surface area contributed by atoms with Crippen LogP contribution in [0.4, 0.5) is 0 Å². The van der Waals surface area contributed by atoms with Gasteiger partial charge in [-0.15, -0.1) is 5.10 Å². The van der Waals surface area contributed by atoms with E-state index in [1.807, 2.05) is 50.6 Å². The summed E-state index contributed by atoms with van der Waals surface area (Å²) >= 11 is 0. The number of nitrogens with zero attached hydrogens (tertiary/aromatic N) is 5. The molecule has 5 rings (SSSR count). The first-order chi connectivity index (χ1) is 14.7. The molecule has 0 N–H and O–H groups in total. The summed E-state index contributed by atoms with van der Waals surface area (Å²) in [7, 11) is 3.94. The second kappa shape index (κ2) is 7.48. The molecule has 0 aliphatic heterocycles. The summed E-state index contributed by atoms with van der Waals surface area (Å²) in [6.45, 7) is 0.442. The maximum atomic E-state index is 6.04. The highest BCUT2D eigenvalue weighted by Crippen LogP contribution is 2.29. The fraction of sp³-hybridized carbons (Fsp3) is 0.125. The molecule has 0 aliphatic rings. The van der Waals surface area contributed by atoms with Crippen LogP contribution in [0, 0.1) is 0 Å². The third-order valence-electron chi connectivity index (χ3n) is 5.16. The Morgan fingerprint density at radius 1 is 0.867 bits per heavy atom. The predicted molar refractivity (Wildman–Crippen MR) is 117 cm³/mol. The fourth-order valence-electron chi connectivity index (χ4n) is 3.61. The van der Waals surface area contributed by atoms with Crippen molar-refractivity contribution >= 4 is 11.0 Å². The van der Waals surface area contributed by atoms with Crippen molar-refractivity contribution in [2.45, 2.75) is 6.61 Å². The van der Waals surface area contributed by atoms with Gasteiger partial charge in [-0.05, 0) is 35.4 Å². The molecule has 6 heteroatoms. The molecule has 3 heterocycles. The molecule has 2 aromatic carbocycles. The van der Waals surface area contributed by atoms with Crippen molar-refractivity contribution in [3.05, 3.63) is 84.8 Å². The topological polar surface area (TPSA) is 57.8 Å². The molecule has 0 unspecified atom stereocenters. The van der Waals surface area contributed by atoms with Gasteiger partial charge < -0.3 is 9.30 Å². The zero-order chi connectivity index (χ0) is 20.5. The zero-order valence-corrected chi connectivity index (χ0v) is 16.9. The number of aryl methyl sites for hydroxylation is 2. The Labute approximate surface area is 174 Å². The molecule has 148 valence electrons. The van der Waals surface area contributed by atoms with Crippen LogP contribution in [0.3, 0.4) is 0 Å². The van der Waals surface area contributed by atoms with E-state index in [4.69, 9.17) is 9.72 Å². The van der Waals surface area contributed by atoms with Crippen molar-refractivity contribution in [1.29, 1.82) is 0 Å². The Morgan fingerprint density at radius 2 is 1.63 bits per heavy atom. The molecule has 0 bridgehead atoms. The van der Waals surface area contributed by atoms with E-state index in [0.29, 0.717) is 12.5 Å². The van der Waals surface area contributed by atoms with Crippen LogP contribution in [0.25, 0.3) is 33.5 Å². The van der Waals surface area contributed by atoms with E-state index >= 15 is 0 Å². The minimum Gasteiger partial charge on any atom is -0.471 e. The first kappa shape index (κ1) is 18.1. The van der Waals surface area contributed by atoms with Gasteiger partial charge in [0.25, 0.3) is 0 Å². The Balaban J connectivity index is 1.36. The van der Waals surface area contributed by atoms with Gasteiger partial charge >= 0.3 is 0 Å². The maximum Gasteiger partial charge on any atom is 0.241 e. The fourth-order valence-corrected chi connectivity index (χ4v) is 3.61. The molecule has 0 amide bonds. The third kappa shape index (κ3) is 3.33. The SMILES string of the molecule is Cn1cc(-c2ccncc2)c(OCc2ccc(-c3nc4ccccc4n3C)cc2)n1. The molecular formula is C24H21N5O.